The van der Waals surface area contributed by atoms with Gasteiger partial charge in [-0.2, -0.15) is 13.2 Å². The lowest BCUT2D eigenvalue weighted by Gasteiger charge is -2.28. The summed E-state index contributed by atoms with van der Waals surface area (Å²) in [6.45, 7) is 1.02. The second-order valence-corrected chi connectivity index (χ2v) is 4.32. The van der Waals surface area contributed by atoms with Gasteiger partial charge in [-0.3, -0.25) is 5.32 Å². The number of benzene rings is 1. The molecule has 1 N–H and O–H groups in total. The number of carbonyl (C=O) groups excluding carboxylic acids is 1. The summed E-state index contributed by atoms with van der Waals surface area (Å²) in [5, 5.41) is 2.22. The fraction of sp³-hybridized carbons (Fsp3) is 0.462. The lowest BCUT2D eigenvalue weighted by Crippen LogP contribution is -2.61. The molecular formula is C13H14F3NO3. The van der Waals surface area contributed by atoms with Crippen molar-refractivity contribution < 1.29 is 27.4 Å². The number of rotatable bonds is 3. The monoisotopic (exact) mass is 289 g/mol. The number of ether oxygens (including phenoxy) is 2. The lowest BCUT2D eigenvalue weighted by atomic mass is 10.1. The molecule has 2 rings (SSSR count). The molecule has 0 spiro atoms. The first-order chi connectivity index (χ1) is 9.40. The van der Waals surface area contributed by atoms with Crippen LogP contribution in [0.4, 0.5) is 13.2 Å². The van der Waals surface area contributed by atoms with E-state index in [9.17, 15) is 18.0 Å². The Hall–Kier alpha value is -1.60. The summed E-state index contributed by atoms with van der Waals surface area (Å²) in [7, 11) is 0. The molecule has 1 aromatic rings. The molecular weight excluding hydrogens is 275 g/mol. The van der Waals surface area contributed by atoms with Crippen molar-refractivity contribution in [1.82, 2.24) is 5.32 Å². The van der Waals surface area contributed by atoms with Crippen LogP contribution in [0.5, 0.6) is 0 Å². The van der Waals surface area contributed by atoms with Gasteiger partial charge < -0.3 is 9.47 Å². The first-order valence-electron chi connectivity index (χ1n) is 6.11. The Balaban J connectivity index is 2.26. The second kappa shape index (κ2) is 5.41. The van der Waals surface area contributed by atoms with Crippen molar-refractivity contribution in [1.29, 1.82) is 0 Å². The molecule has 0 saturated carbocycles. The quantitative estimate of drug-likeness (QED) is 0.866. The summed E-state index contributed by atoms with van der Waals surface area (Å²) in [6, 6.07) is 7.77. The maximum Gasteiger partial charge on any atom is 0.442 e. The zero-order valence-electron chi connectivity index (χ0n) is 10.7. The summed E-state index contributed by atoms with van der Waals surface area (Å²) in [6.07, 6.45) is -4.90. The summed E-state index contributed by atoms with van der Waals surface area (Å²) in [5.74, 6) is -1.47. The Labute approximate surface area is 113 Å². The fourth-order valence-corrected chi connectivity index (χ4v) is 2.03. The van der Waals surface area contributed by atoms with E-state index in [0.717, 1.165) is 0 Å². The molecule has 0 aromatic heterocycles. The molecule has 2 atom stereocenters. The van der Waals surface area contributed by atoms with Crippen molar-refractivity contribution in [3.8, 4) is 0 Å². The Kier molecular flexibility index (Phi) is 4.01. The van der Waals surface area contributed by atoms with Crippen LogP contribution in [0.3, 0.4) is 0 Å². The van der Waals surface area contributed by atoms with E-state index in [1.165, 1.54) is 6.92 Å². The molecule has 110 valence electrons. The van der Waals surface area contributed by atoms with Crippen LogP contribution in [-0.2, 0) is 14.3 Å². The van der Waals surface area contributed by atoms with E-state index in [-0.39, 0.29) is 13.2 Å². The molecule has 0 amide bonds. The summed E-state index contributed by atoms with van der Waals surface area (Å²) in [4.78, 5) is 11.7. The molecule has 1 saturated heterocycles. The van der Waals surface area contributed by atoms with Gasteiger partial charge in [-0.1, -0.05) is 30.3 Å². The van der Waals surface area contributed by atoms with Crippen LogP contribution in [0.25, 0.3) is 0 Å². The van der Waals surface area contributed by atoms with Crippen LogP contribution < -0.4 is 5.32 Å². The normalized spacial score (nSPS) is 26.5. The number of halogens is 3. The molecule has 1 aliphatic rings. The second-order valence-electron chi connectivity index (χ2n) is 4.32. The highest BCUT2D eigenvalue weighted by Crippen LogP contribution is 2.39. The third-order valence-corrected chi connectivity index (χ3v) is 3.01. The maximum absolute atomic E-state index is 13.2. The van der Waals surface area contributed by atoms with Gasteiger partial charge in [0, 0.05) is 0 Å². The maximum atomic E-state index is 13.2. The largest absolute Gasteiger partial charge is 0.463 e. The van der Waals surface area contributed by atoms with Gasteiger partial charge in [0.2, 0.25) is 0 Å². The molecule has 1 aromatic carbocycles. The summed E-state index contributed by atoms with van der Waals surface area (Å²) >= 11 is 0. The van der Waals surface area contributed by atoms with Crippen molar-refractivity contribution in [2.24, 2.45) is 0 Å². The van der Waals surface area contributed by atoms with E-state index >= 15 is 0 Å². The van der Waals surface area contributed by atoms with E-state index < -0.39 is 23.9 Å². The Morgan fingerprint density at radius 2 is 2.10 bits per heavy atom. The lowest BCUT2D eigenvalue weighted by molar-refractivity contribution is -0.271. The highest BCUT2D eigenvalue weighted by Gasteiger charge is 2.67. The molecule has 1 fully saturated rings. The topological polar surface area (TPSA) is 47.6 Å². The Morgan fingerprint density at radius 3 is 2.65 bits per heavy atom. The van der Waals surface area contributed by atoms with E-state index in [1.807, 2.05) is 0 Å². The Bertz CT molecular complexity index is 477. The van der Waals surface area contributed by atoms with Gasteiger partial charge in [-0.25, -0.2) is 4.79 Å². The van der Waals surface area contributed by atoms with Crippen LogP contribution >= 0.6 is 0 Å². The van der Waals surface area contributed by atoms with Crippen molar-refractivity contribution in [2.75, 3.05) is 13.2 Å². The number of carbonyl (C=O) groups is 1. The predicted octanol–water partition coefficient (Wildman–Crippen LogP) is 2.17. The molecule has 20 heavy (non-hydrogen) atoms. The van der Waals surface area contributed by atoms with Crippen LogP contribution in [0.2, 0.25) is 0 Å². The van der Waals surface area contributed by atoms with Gasteiger partial charge in [0.1, 0.15) is 0 Å². The first-order valence-corrected chi connectivity index (χ1v) is 6.11. The SMILES string of the molecule is CCOC(=O)[C@@]1(C(F)(F)F)N[C@H](c2ccccc2)CO1. The number of hydrogen-bond acceptors (Lipinski definition) is 4. The molecule has 7 heteroatoms. The van der Waals surface area contributed by atoms with Gasteiger partial charge in [0.05, 0.1) is 19.3 Å². The molecule has 0 aliphatic carbocycles. The van der Waals surface area contributed by atoms with E-state index in [0.29, 0.717) is 5.56 Å². The van der Waals surface area contributed by atoms with Crippen LogP contribution in [0.1, 0.15) is 18.5 Å². The average Bonchev–Trinajstić information content (AvgIpc) is 2.86. The minimum atomic E-state index is -4.90. The molecule has 0 bridgehead atoms. The number of hydrogen-bond donors (Lipinski definition) is 1. The number of alkyl halides is 3. The van der Waals surface area contributed by atoms with Gasteiger partial charge in [0.15, 0.2) is 0 Å². The number of nitrogens with one attached hydrogen (secondary N) is 1. The van der Waals surface area contributed by atoms with Gasteiger partial charge >= 0.3 is 17.9 Å². The van der Waals surface area contributed by atoms with E-state index in [4.69, 9.17) is 4.74 Å². The van der Waals surface area contributed by atoms with E-state index in [2.05, 4.69) is 10.1 Å². The first kappa shape index (κ1) is 14.8. The summed E-state index contributed by atoms with van der Waals surface area (Å²) < 4.78 is 48.8. The van der Waals surface area contributed by atoms with Crippen LogP contribution in [-0.4, -0.2) is 31.1 Å². The zero-order chi connectivity index (χ0) is 14.8. The average molecular weight is 289 g/mol. The van der Waals surface area contributed by atoms with Gasteiger partial charge in [-0.05, 0) is 12.5 Å². The Morgan fingerprint density at radius 1 is 1.45 bits per heavy atom. The standard InChI is InChI=1S/C13H14F3NO3/c1-2-19-11(18)12(13(14,15)16)17-10(8-20-12)9-6-4-3-5-7-9/h3-7,10,17H,2,8H2,1H3/t10-,12+/m0/s1. The van der Waals surface area contributed by atoms with Crippen molar-refractivity contribution in [2.45, 2.75) is 24.9 Å². The highest BCUT2D eigenvalue weighted by molar-refractivity contribution is 5.80. The zero-order valence-corrected chi connectivity index (χ0v) is 10.7. The van der Waals surface area contributed by atoms with Crippen molar-refractivity contribution in [3.05, 3.63) is 35.9 Å². The smallest absolute Gasteiger partial charge is 0.442 e. The van der Waals surface area contributed by atoms with E-state index in [1.54, 1.807) is 30.3 Å². The molecule has 1 aliphatic heterocycles. The minimum Gasteiger partial charge on any atom is -0.463 e. The van der Waals surface area contributed by atoms with Crippen LogP contribution in [0, 0.1) is 0 Å². The third-order valence-electron chi connectivity index (χ3n) is 3.01. The van der Waals surface area contributed by atoms with Gasteiger partial charge in [0.25, 0.3) is 0 Å². The van der Waals surface area contributed by atoms with Crippen LogP contribution in [0.15, 0.2) is 30.3 Å². The highest BCUT2D eigenvalue weighted by atomic mass is 19.4. The molecule has 1 heterocycles. The molecule has 0 radical (unpaired) electrons. The summed E-state index contributed by atoms with van der Waals surface area (Å²) in [5.41, 5.74) is -2.48. The van der Waals surface area contributed by atoms with Crippen molar-refractivity contribution in [3.63, 3.8) is 0 Å². The predicted molar refractivity (Wildman–Crippen MR) is 63.7 cm³/mol. The minimum absolute atomic E-state index is 0.155. The molecule has 4 nitrogen and oxygen atoms in total. The van der Waals surface area contributed by atoms with Crippen molar-refractivity contribution >= 4 is 5.97 Å². The molecule has 0 unspecified atom stereocenters. The van der Waals surface area contributed by atoms with Gasteiger partial charge in [-0.15, -0.1) is 0 Å². The fourth-order valence-electron chi connectivity index (χ4n) is 2.03. The third kappa shape index (κ3) is 2.51. The number of esters is 1.